The minimum atomic E-state index is -1.42. The van der Waals surface area contributed by atoms with E-state index < -0.39 is 23.0 Å². The third-order valence-electron chi connectivity index (χ3n) is 1.61. The van der Waals surface area contributed by atoms with Crippen LogP contribution in [0.25, 0.3) is 0 Å². The van der Waals surface area contributed by atoms with Crippen LogP contribution in [0, 0.1) is 0 Å². The summed E-state index contributed by atoms with van der Waals surface area (Å²) in [5.74, 6) is -0.196. The summed E-state index contributed by atoms with van der Waals surface area (Å²) < 4.78 is 16.0. The van der Waals surface area contributed by atoms with Gasteiger partial charge in [0.2, 0.25) is 0 Å². The quantitative estimate of drug-likeness (QED) is 0.483. The number of hydrogen-bond acceptors (Lipinski definition) is 5. The van der Waals surface area contributed by atoms with E-state index in [1.807, 2.05) is 6.92 Å². The zero-order valence-corrected chi connectivity index (χ0v) is 9.34. The summed E-state index contributed by atoms with van der Waals surface area (Å²) in [6.07, 6.45) is 0.737. The van der Waals surface area contributed by atoms with Crippen LogP contribution in [0.5, 0.6) is 0 Å². The van der Waals surface area contributed by atoms with Gasteiger partial charge in [0.1, 0.15) is 6.04 Å². The van der Waals surface area contributed by atoms with E-state index in [0.717, 1.165) is 11.5 Å². The van der Waals surface area contributed by atoms with Crippen LogP contribution < -0.4 is 5.48 Å². The summed E-state index contributed by atoms with van der Waals surface area (Å²) in [5.41, 5.74) is 1.49. The Balaban J connectivity index is 4.00. The molecule has 2 atom stereocenters. The molecular weight excluding hydrogens is 208 g/mol. The van der Waals surface area contributed by atoms with Crippen LogP contribution in [0.15, 0.2) is 0 Å². The van der Waals surface area contributed by atoms with Crippen molar-refractivity contribution in [2.45, 2.75) is 26.3 Å². The molecule has 0 rings (SSSR count). The Labute approximate surface area is 85.8 Å². The molecule has 2 N–H and O–H groups in total. The van der Waals surface area contributed by atoms with Gasteiger partial charge in [-0.15, -0.1) is 0 Å². The normalized spacial score (nSPS) is 15.2. The van der Waals surface area contributed by atoms with Gasteiger partial charge in [0.05, 0.1) is 5.75 Å². The van der Waals surface area contributed by atoms with Crippen LogP contribution >= 0.6 is 0 Å². The minimum absolute atomic E-state index is 0.414. The van der Waals surface area contributed by atoms with Crippen molar-refractivity contribution in [2.75, 3.05) is 12.8 Å². The zero-order chi connectivity index (χ0) is 11.1. The van der Waals surface area contributed by atoms with Crippen molar-refractivity contribution >= 4 is 17.0 Å². The second-order valence-corrected chi connectivity index (χ2v) is 3.95. The fraction of sp³-hybridized carbons (Fsp3) is 0.857. The van der Waals surface area contributed by atoms with Gasteiger partial charge in [-0.2, -0.15) is 9.35 Å². The van der Waals surface area contributed by atoms with Crippen LogP contribution in [-0.4, -0.2) is 39.2 Å². The van der Waals surface area contributed by atoms with Crippen molar-refractivity contribution in [1.29, 1.82) is 0 Å². The molecule has 0 bridgehead atoms. The molecule has 0 saturated carbocycles. The first-order valence-corrected chi connectivity index (χ1v) is 5.50. The predicted molar refractivity (Wildman–Crippen MR) is 51.5 cm³/mol. The second-order valence-electron chi connectivity index (χ2n) is 2.78. The first-order valence-electron chi connectivity index (χ1n) is 4.26. The van der Waals surface area contributed by atoms with E-state index in [-0.39, 0.29) is 0 Å². The molecule has 0 spiro atoms. The Kier molecular flexibility index (Phi) is 6.64. The number of nitrogens with zero attached hydrogens (tertiary/aromatic N) is 1. The summed E-state index contributed by atoms with van der Waals surface area (Å²) in [6.45, 7) is 3.40. The van der Waals surface area contributed by atoms with Gasteiger partial charge in [-0.3, -0.25) is 10.0 Å². The van der Waals surface area contributed by atoms with Crippen molar-refractivity contribution < 1.29 is 18.5 Å². The summed E-state index contributed by atoms with van der Waals surface area (Å²) in [4.78, 5) is 10.9. The molecule has 0 aliphatic carbocycles. The van der Waals surface area contributed by atoms with Crippen molar-refractivity contribution in [3.05, 3.63) is 0 Å². The zero-order valence-electron chi connectivity index (χ0n) is 8.52. The standard InChI is InChI=1S/C7H16N2O4S/c1-4-5-14(12)13-9(3)6(2)7(10)8-11/h6,11H,4-5H2,1-3H3,(H,8,10). The lowest BCUT2D eigenvalue weighted by molar-refractivity contribution is -0.144. The summed E-state index contributed by atoms with van der Waals surface area (Å²) in [5, 5.41) is 9.48. The highest BCUT2D eigenvalue weighted by Gasteiger charge is 2.19. The van der Waals surface area contributed by atoms with E-state index in [1.54, 1.807) is 0 Å². The van der Waals surface area contributed by atoms with Crippen LogP contribution in [0.1, 0.15) is 20.3 Å². The van der Waals surface area contributed by atoms with E-state index in [9.17, 15) is 9.00 Å². The maximum atomic E-state index is 11.1. The van der Waals surface area contributed by atoms with E-state index in [1.165, 1.54) is 19.5 Å². The third kappa shape index (κ3) is 4.66. The molecule has 0 saturated heterocycles. The van der Waals surface area contributed by atoms with Crippen LogP contribution in [-0.2, 0) is 20.2 Å². The van der Waals surface area contributed by atoms with E-state index in [0.29, 0.717) is 5.75 Å². The Bertz CT molecular complexity index is 212. The van der Waals surface area contributed by atoms with Crippen LogP contribution in [0.2, 0.25) is 0 Å². The second kappa shape index (κ2) is 6.88. The Hall–Kier alpha value is -0.500. The average molecular weight is 224 g/mol. The molecule has 2 unspecified atom stereocenters. The average Bonchev–Trinajstić information content (AvgIpc) is 2.15. The largest absolute Gasteiger partial charge is 0.289 e. The lowest BCUT2D eigenvalue weighted by atomic mass is 10.3. The molecule has 0 aromatic heterocycles. The third-order valence-corrected chi connectivity index (χ3v) is 2.75. The summed E-state index contributed by atoms with van der Waals surface area (Å²) in [6, 6.07) is -0.694. The maximum absolute atomic E-state index is 11.1. The molecule has 0 aromatic carbocycles. The van der Waals surface area contributed by atoms with Gasteiger partial charge >= 0.3 is 0 Å². The molecule has 0 radical (unpaired) electrons. The van der Waals surface area contributed by atoms with Gasteiger partial charge in [-0.25, -0.2) is 9.69 Å². The molecular formula is C7H16N2O4S. The fourth-order valence-corrected chi connectivity index (χ4v) is 1.46. The molecule has 14 heavy (non-hydrogen) atoms. The monoisotopic (exact) mass is 224 g/mol. The first kappa shape index (κ1) is 13.5. The van der Waals surface area contributed by atoms with Gasteiger partial charge in [0, 0.05) is 7.05 Å². The topological polar surface area (TPSA) is 78.9 Å². The number of nitrogens with one attached hydrogen (secondary N) is 1. The van der Waals surface area contributed by atoms with E-state index in [2.05, 4.69) is 0 Å². The number of carbonyl (C=O) groups excluding carboxylic acids is 1. The Morgan fingerprint density at radius 2 is 2.29 bits per heavy atom. The minimum Gasteiger partial charge on any atom is -0.289 e. The van der Waals surface area contributed by atoms with E-state index >= 15 is 0 Å². The Morgan fingerprint density at radius 1 is 1.71 bits per heavy atom. The predicted octanol–water partition coefficient (Wildman–Crippen LogP) is -0.183. The van der Waals surface area contributed by atoms with Gasteiger partial charge < -0.3 is 0 Å². The summed E-state index contributed by atoms with van der Waals surface area (Å²) in [7, 11) is 1.48. The van der Waals surface area contributed by atoms with Gasteiger partial charge in [-0.1, -0.05) is 6.92 Å². The van der Waals surface area contributed by atoms with Gasteiger partial charge in [-0.05, 0) is 13.3 Å². The smallest absolute Gasteiger partial charge is 0.262 e. The first-order chi connectivity index (χ1) is 6.52. The lowest BCUT2D eigenvalue weighted by Crippen LogP contribution is -2.42. The fourth-order valence-electron chi connectivity index (χ4n) is 0.658. The van der Waals surface area contributed by atoms with Gasteiger partial charge in [0.25, 0.3) is 5.91 Å². The molecule has 0 aromatic rings. The lowest BCUT2D eigenvalue weighted by Gasteiger charge is -2.20. The molecule has 0 aliphatic rings. The number of amides is 1. The van der Waals surface area contributed by atoms with Crippen molar-refractivity contribution in [2.24, 2.45) is 0 Å². The molecule has 7 heteroatoms. The highest BCUT2D eigenvalue weighted by molar-refractivity contribution is 7.80. The molecule has 0 aliphatic heterocycles. The molecule has 6 nitrogen and oxygen atoms in total. The summed E-state index contributed by atoms with van der Waals surface area (Å²) >= 11 is -1.42. The number of likely N-dealkylation sites (N-methyl/N-ethyl adjacent to an activating group) is 1. The van der Waals surface area contributed by atoms with Crippen molar-refractivity contribution in [1.82, 2.24) is 10.5 Å². The number of hydrogen-bond donors (Lipinski definition) is 2. The van der Waals surface area contributed by atoms with Gasteiger partial charge in [0.15, 0.2) is 11.1 Å². The maximum Gasteiger partial charge on any atom is 0.262 e. The Morgan fingerprint density at radius 3 is 2.71 bits per heavy atom. The van der Waals surface area contributed by atoms with Crippen molar-refractivity contribution in [3.63, 3.8) is 0 Å². The van der Waals surface area contributed by atoms with Crippen molar-refractivity contribution in [3.8, 4) is 0 Å². The SMILES string of the molecule is CCCS(=O)ON(C)C(C)C(=O)NO. The molecule has 1 amide bonds. The highest BCUT2D eigenvalue weighted by atomic mass is 32.2. The van der Waals surface area contributed by atoms with Crippen LogP contribution in [0.4, 0.5) is 0 Å². The number of carbonyl (C=O) groups is 1. The number of hydroxylamine groups is 3. The molecule has 0 fully saturated rings. The number of rotatable bonds is 6. The highest BCUT2D eigenvalue weighted by Crippen LogP contribution is 2.00. The molecule has 0 heterocycles. The van der Waals surface area contributed by atoms with Crippen LogP contribution in [0.3, 0.4) is 0 Å². The van der Waals surface area contributed by atoms with E-state index in [4.69, 9.17) is 9.49 Å². The molecule has 84 valence electrons.